The van der Waals surface area contributed by atoms with Crippen molar-refractivity contribution in [3.63, 3.8) is 0 Å². The van der Waals surface area contributed by atoms with Gasteiger partial charge in [0.2, 0.25) is 0 Å². The Morgan fingerprint density at radius 1 is 1.21 bits per heavy atom. The van der Waals surface area contributed by atoms with Crippen LogP contribution in [0.25, 0.3) is 0 Å². The van der Waals surface area contributed by atoms with Crippen molar-refractivity contribution in [2.45, 2.75) is 6.61 Å². The van der Waals surface area contributed by atoms with Crippen LogP contribution in [0.4, 0.5) is 8.78 Å². The van der Waals surface area contributed by atoms with Crippen LogP contribution in [-0.2, 0) is 6.61 Å². The smallest absolute Gasteiger partial charge is 0.165 e. The SMILES string of the molecule is O=Cc1cc(OCc2cccc(F)c2F)ccc1Br. The van der Waals surface area contributed by atoms with Crippen LogP contribution < -0.4 is 4.74 Å². The number of aldehydes is 1. The second-order valence-electron chi connectivity index (χ2n) is 3.80. The van der Waals surface area contributed by atoms with Crippen molar-refractivity contribution in [1.82, 2.24) is 0 Å². The van der Waals surface area contributed by atoms with Gasteiger partial charge in [0.1, 0.15) is 12.4 Å². The second kappa shape index (κ2) is 5.93. The Hall–Kier alpha value is -1.75. The lowest BCUT2D eigenvalue weighted by atomic mass is 10.2. The molecule has 0 unspecified atom stereocenters. The predicted molar refractivity (Wildman–Crippen MR) is 70.2 cm³/mol. The molecule has 5 heteroatoms. The van der Waals surface area contributed by atoms with E-state index < -0.39 is 11.6 Å². The molecule has 0 N–H and O–H groups in total. The van der Waals surface area contributed by atoms with E-state index >= 15 is 0 Å². The highest BCUT2D eigenvalue weighted by molar-refractivity contribution is 9.10. The Morgan fingerprint density at radius 2 is 2.00 bits per heavy atom. The molecule has 0 amide bonds. The van der Waals surface area contributed by atoms with Gasteiger partial charge in [-0.25, -0.2) is 8.78 Å². The zero-order valence-electron chi connectivity index (χ0n) is 9.70. The van der Waals surface area contributed by atoms with Crippen molar-refractivity contribution in [1.29, 1.82) is 0 Å². The first-order valence-electron chi connectivity index (χ1n) is 5.42. The third-order valence-electron chi connectivity index (χ3n) is 2.52. The van der Waals surface area contributed by atoms with Gasteiger partial charge in [0.05, 0.1) is 0 Å². The van der Waals surface area contributed by atoms with Crippen LogP contribution in [0.15, 0.2) is 40.9 Å². The topological polar surface area (TPSA) is 26.3 Å². The Balaban J connectivity index is 2.14. The van der Waals surface area contributed by atoms with Crippen LogP contribution in [0, 0.1) is 11.6 Å². The van der Waals surface area contributed by atoms with E-state index in [1.54, 1.807) is 12.1 Å². The maximum atomic E-state index is 13.4. The van der Waals surface area contributed by atoms with Crippen molar-refractivity contribution in [2.24, 2.45) is 0 Å². The highest BCUT2D eigenvalue weighted by atomic mass is 79.9. The number of hydrogen-bond acceptors (Lipinski definition) is 2. The molecule has 0 spiro atoms. The molecule has 0 aliphatic carbocycles. The number of carbonyl (C=O) groups excluding carboxylic acids is 1. The standard InChI is InChI=1S/C14H9BrF2O2/c15-12-5-4-11(6-10(12)7-18)19-8-9-2-1-3-13(16)14(9)17/h1-7H,8H2. The van der Waals surface area contributed by atoms with Gasteiger partial charge in [-0.3, -0.25) is 4.79 Å². The van der Waals surface area contributed by atoms with Gasteiger partial charge < -0.3 is 4.74 Å². The first kappa shape index (κ1) is 13.7. The Kier molecular flexibility index (Phi) is 4.27. The molecule has 0 saturated heterocycles. The molecule has 2 aromatic rings. The van der Waals surface area contributed by atoms with E-state index in [4.69, 9.17) is 4.74 Å². The van der Waals surface area contributed by atoms with Gasteiger partial charge >= 0.3 is 0 Å². The number of carbonyl (C=O) groups is 1. The summed E-state index contributed by atoms with van der Waals surface area (Å²) in [5.74, 6) is -1.42. The molecule has 2 aromatic carbocycles. The molecule has 0 heterocycles. The van der Waals surface area contributed by atoms with Crippen LogP contribution in [0.3, 0.4) is 0 Å². The van der Waals surface area contributed by atoms with E-state index in [0.29, 0.717) is 22.1 Å². The summed E-state index contributed by atoms with van der Waals surface area (Å²) in [7, 11) is 0. The summed E-state index contributed by atoms with van der Waals surface area (Å²) in [4.78, 5) is 10.8. The Labute approximate surface area is 117 Å². The second-order valence-corrected chi connectivity index (χ2v) is 4.66. The van der Waals surface area contributed by atoms with Gasteiger partial charge in [-0.2, -0.15) is 0 Å². The average molecular weight is 327 g/mol. The minimum Gasteiger partial charge on any atom is -0.489 e. The quantitative estimate of drug-likeness (QED) is 0.790. The van der Waals surface area contributed by atoms with E-state index in [0.717, 1.165) is 6.07 Å². The third-order valence-corrected chi connectivity index (χ3v) is 3.24. The molecule has 0 saturated carbocycles. The van der Waals surface area contributed by atoms with E-state index in [2.05, 4.69) is 15.9 Å². The summed E-state index contributed by atoms with van der Waals surface area (Å²) >= 11 is 3.21. The third kappa shape index (κ3) is 3.17. The minimum absolute atomic E-state index is 0.108. The normalized spacial score (nSPS) is 10.3. The summed E-state index contributed by atoms with van der Waals surface area (Å²) in [6.45, 7) is -0.108. The fourth-order valence-electron chi connectivity index (χ4n) is 1.52. The average Bonchev–Trinajstić information content (AvgIpc) is 2.42. The zero-order chi connectivity index (χ0) is 13.8. The lowest BCUT2D eigenvalue weighted by molar-refractivity contribution is 0.112. The number of halogens is 3. The van der Waals surface area contributed by atoms with Crippen LogP contribution in [-0.4, -0.2) is 6.29 Å². The number of hydrogen-bond donors (Lipinski definition) is 0. The summed E-state index contributed by atoms with van der Waals surface area (Å²) < 4.78 is 32.4. The van der Waals surface area contributed by atoms with Gasteiger partial charge in [-0.1, -0.05) is 28.1 Å². The fourth-order valence-corrected chi connectivity index (χ4v) is 1.86. The van der Waals surface area contributed by atoms with Crippen LogP contribution >= 0.6 is 15.9 Å². The van der Waals surface area contributed by atoms with Crippen LogP contribution in [0.2, 0.25) is 0 Å². The predicted octanol–water partition coefficient (Wildman–Crippen LogP) is 4.12. The van der Waals surface area contributed by atoms with E-state index in [-0.39, 0.29) is 12.2 Å². The summed E-state index contributed by atoms with van der Waals surface area (Å²) in [6.07, 6.45) is 0.680. The van der Waals surface area contributed by atoms with E-state index in [9.17, 15) is 13.6 Å². The largest absolute Gasteiger partial charge is 0.489 e. The number of rotatable bonds is 4. The highest BCUT2D eigenvalue weighted by Gasteiger charge is 2.08. The van der Waals surface area contributed by atoms with Crippen LogP contribution in [0.1, 0.15) is 15.9 Å². The van der Waals surface area contributed by atoms with Gasteiger partial charge in [0.15, 0.2) is 17.9 Å². The first-order valence-corrected chi connectivity index (χ1v) is 6.21. The van der Waals surface area contributed by atoms with Crippen molar-refractivity contribution < 1.29 is 18.3 Å². The molecule has 0 atom stereocenters. The lowest BCUT2D eigenvalue weighted by Gasteiger charge is -2.08. The molecule has 19 heavy (non-hydrogen) atoms. The molecule has 0 fully saturated rings. The van der Waals surface area contributed by atoms with E-state index in [1.165, 1.54) is 18.2 Å². The van der Waals surface area contributed by atoms with Crippen molar-refractivity contribution in [3.8, 4) is 5.75 Å². The maximum Gasteiger partial charge on any atom is 0.165 e. The molecule has 0 radical (unpaired) electrons. The van der Waals surface area contributed by atoms with Crippen LogP contribution in [0.5, 0.6) is 5.75 Å². The lowest BCUT2D eigenvalue weighted by Crippen LogP contribution is -2.00. The summed E-state index contributed by atoms with van der Waals surface area (Å²) in [5.41, 5.74) is 0.549. The monoisotopic (exact) mass is 326 g/mol. The van der Waals surface area contributed by atoms with Crippen molar-refractivity contribution in [2.75, 3.05) is 0 Å². The maximum absolute atomic E-state index is 13.4. The zero-order valence-corrected chi connectivity index (χ0v) is 11.3. The molecule has 0 aliphatic rings. The highest BCUT2D eigenvalue weighted by Crippen LogP contribution is 2.22. The van der Waals surface area contributed by atoms with Gasteiger partial charge in [0.25, 0.3) is 0 Å². The van der Waals surface area contributed by atoms with Gasteiger partial charge in [-0.15, -0.1) is 0 Å². The molecular formula is C14H9BrF2O2. The number of ether oxygens (including phenoxy) is 1. The van der Waals surface area contributed by atoms with E-state index in [1.807, 2.05) is 0 Å². The Bertz CT molecular complexity index is 614. The molecular weight excluding hydrogens is 318 g/mol. The Morgan fingerprint density at radius 3 is 2.74 bits per heavy atom. The van der Waals surface area contributed by atoms with Crippen molar-refractivity contribution in [3.05, 3.63) is 63.6 Å². The minimum atomic E-state index is -0.921. The first-order chi connectivity index (χ1) is 9.11. The molecule has 0 aromatic heterocycles. The van der Waals surface area contributed by atoms with Gasteiger partial charge in [0, 0.05) is 15.6 Å². The molecule has 0 aliphatic heterocycles. The number of benzene rings is 2. The molecule has 0 bridgehead atoms. The van der Waals surface area contributed by atoms with Crippen molar-refractivity contribution >= 4 is 22.2 Å². The molecule has 98 valence electrons. The fraction of sp³-hybridized carbons (Fsp3) is 0.0714. The van der Waals surface area contributed by atoms with Gasteiger partial charge in [-0.05, 0) is 24.3 Å². The summed E-state index contributed by atoms with van der Waals surface area (Å²) in [6, 6.07) is 8.71. The summed E-state index contributed by atoms with van der Waals surface area (Å²) in [5, 5.41) is 0. The molecule has 2 rings (SSSR count). The molecule has 2 nitrogen and oxygen atoms in total.